The normalized spacial score (nSPS) is 16.3. The second-order valence-electron chi connectivity index (χ2n) is 6.01. The summed E-state index contributed by atoms with van der Waals surface area (Å²) in [6, 6.07) is 8.21. The molecule has 3 rings (SSSR count). The van der Waals surface area contributed by atoms with E-state index in [-0.39, 0.29) is 18.3 Å². The van der Waals surface area contributed by atoms with Crippen molar-refractivity contribution in [1.29, 1.82) is 0 Å². The van der Waals surface area contributed by atoms with E-state index in [1.165, 1.54) is 16.9 Å². The monoisotopic (exact) mass is 367 g/mol. The van der Waals surface area contributed by atoms with Crippen molar-refractivity contribution in [2.24, 2.45) is 5.73 Å². The first-order valence-electron chi connectivity index (χ1n) is 7.70. The number of nitrogens with zero attached hydrogens (tertiary/aromatic N) is 1. The highest BCUT2D eigenvalue weighted by molar-refractivity contribution is 7.16. The van der Waals surface area contributed by atoms with Gasteiger partial charge in [0, 0.05) is 23.7 Å². The van der Waals surface area contributed by atoms with Gasteiger partial charge in [-0.25, -0.2) is 4.98 Å². The van der Waals surface area contributed by atoms with Crippen LogP contribution in [0.15, 0.2) is 24.3 Å². The summed E-state index contributed by atoms with van der Waals surface area (Å²) in [5.41, 5.74) is 8.52. The quantitative estimate of drug-likeness (QED) is 0.872. The molecule has 0 bridgehead atoms. The number of halogens is 1. The van der Waals surface area contributed by atoms with Crippen LogP contribution in [-0.4, -0.2) is 29.6 Å². The van der Waals surface area contributed by atoms with Crippen molar-refractivity contribution in [3.63, 3.8) is 0 Å². The Hall–Kier alpha value is -1.47. The summed E-state index contributed by atoms with van der Waals surface area (Å²) in [6.45, 7) is 5.11. The molecule has 3 N–H and O–H groups in total. The molecule has 5 nitrogen and oxygen atoms in total. The molecule has 0 unspecified atom stereocenters. The van der Waals surface area contributed by atoms with Gasteiger partial charge in [-0.3, -0.25) is 4.79 Å². The smallest absolute Gasteiger partial charge is 0.246 e. The molecule has 1 saturated heterocycles. The van der Waals surface area contributed by atoms with Crippen LogP contribution in [0.5, 0.6) is 0 Å². The van der Waals surface area contributed by atoms with E-state index in [0.717, 1.165) is 16.1 Å². The van der Waals surface area contributed by atoms with Crippen molar-refractivity contribution in [2.75, 3.05) is 18.5 Å². The number of nitrogens with two attached hydrogens (primary N) is 1. The molecule has 130 valence electrons. The largest absolute Gasteiger partial charge is 0.381 e. The van der Waals surface area contributed by atoms with Crippen LogP contribution in [0.25, 0.3) is 11.3 Å². The number of rotatable bonds is 3. The Morgan fingerprint density at radius 2 is 1.88 bits per heavy atom. The zero-order chi connectivity index (χ0) is 16.4. The lowest BCUT2D eigenvalue weighted by Gasteiger charge is -2.31. The lowest BCUT2D eigenvalue weighted by Crippen LogP contribution is -2.54. The number of nitrogens with one attached hydrogen (secondary N) is 1. The SMILES string of the molecule is Cc1ccc(-c2nc(NC(=O)C3(N)CCOCC3)sc2C)cc1.Cl. The zero-order valence-electron chi connectivity index (χ0n) is 13.8. The summed E-state index contributed by atoms with van der Waals surface area (Å²) in [4.78, 5) is 18.1. The maximum absolute atomic E-state index is 12.5. The summed E-state index contributed by atoms with van der Waals surface area (Å²) in [6.07, 6.45) is 1.07. The van der Waals surface area contributed by atoms with Crippen molar-refractivity contribution < 1.29 is 9.53 Å². The third kappa shape index (κ3) is 3.95. The molecule has 7 heteroatoms. The molecule has 0 spiro atoms. The fourth-order valence-corrected chi connectivity index (χ4v) is 3.44. The molecule has 2 aromatic rings. The van der Waals surface area contributed by atoms with Crippen molar-refractivity contribution in [1.82, 2.24) is 4.98 Å². The van der Waals surface area contributed by atoms with Crippen molar-refractivity contribution in [2.45, 2.75) is 32.2 Å². The van der Waals surface area contributed by atoms with Gasteiger partial charge in [0.05, 0.1) is 5.69 Å². The van der Waals surface area contributed by atoms with Gasteiger partial charge in [-0.1, -0.05) is 29.8 Å². The van der Waals surface area contributed by atoms with Crippen molar-refractivity contribution in [3.05, 3.63) is 34.7 Å². The Labute approximate surface area is 152 Å². The Morgan fingerprint density at radius 3 is 2.50 bits per heavy atom. The number of aromatic nitrogens is 1. The number of benzene rings is 1. The standard InChI is InChI=1S/C17H21N3O2S.ClH/c1-11-3-5-13(6-4-11)14-12(2)23-16(19-14)20-15(21)17(18)7-9-22-10-8-17;/h3-6H,7-10,18H2,1-2H3,(H,19,20,21);1H. The number of amides is 1. The van der Waals surface area contributed by atoms with Crippen molar-refractivity contribution in [3.8, 4) is 11.3 Å². The second-order valence-corrected chi connectivity index (χ2v) is 7.22. The molecule has 0 radical (unpaired) electrons. The Balaban J connectivity index is 0.00000208. The number of hydrogen-bond donors (Lipinski definition) is 2. The summed E-state index contributed by atoms with van der Waals surface area (Å²) in [7, 11) is 0. The van der Waals surface area contributed by atoms with E-state index < -0.39 is 5.54 Å². The zero-order valence-corrected chi connectivity index (χ0v) is 15.4. The topological polar surface area (TPSA) is 77.2 Å². The molecular formula is C17H22ClN3O2S. The summed E-state index contributed by atoms with van der Waals surface area (Å²) in [5, 5.41) is 3.48. The fraction of sp³-hybridized carbons (Fsp3) is 0.412. The van der Waals surface area contributed by atoms with Gasteiger partial charge in [-0.15, -0.1) is 23.7 Å². The molecule has 1 fully saturated rings. The predicted octanol–water partition coefficient (Wildman–Crippen LogP) is 3.30. The van der Waals surface area contributed by atoms with E-state index in [2.05, 4.69) is 29.4 Å². The Bertz CT molecular complexity index is 709. The van der Waals surface area contributed by atoms with Gasteiger partial charge in [0.25, 0.3) is 0 Å². The van der Waals surface area contributed by atoms with E-state index in [9.17, 15) is 4.79 Å². The summed E-state index contributed by atoms with van der Waals surface area (Å²) in [5.74, 6) is -0.176. The van der Waals surface area contributed by atoms with Crippen LogP contribution < -0.4 is 11.1 Å². The molecular weight excluding hydrogens is 346 g/mol. The fourth-order valence-electron chi connectivity index (χ4n) is 2.61. The van der Waals surface area contributed by atoms with Crippen LogP contribution in [0.3, 0.4) is 0 Å². The Kier molecular flexibility index (Phi) is 5.98. The Morgan fingerprint density at radius 1 is 1.25 bits per heavy atom. The van der Waals surface area contributed by atoms with E-state index >= 15 is 0 Å². The van der Waals surface area contributed by atoms with Gasteiger partial charge >= 0.3 is 0 Å². The lowest BCUT2D eigenvalue weighted by atomic mass is 9.90. The molecule has 0 aliphatic carbocycles. The lowest BCUT2D eigenvalue weighted by molar-refractivity contribution is -0.124. The van der Waals surface area contributed by atoms with Crippen LogP contribution in [0.2, 0.25) is 0 Å². The van der Waals surface area contributed by atoms with E-state index in [1.54, 1.807) is 0 Å². The molecule has 1 amide bonds. The van der Waals surface area contributed by atoms with E-state index in [0.29, 0.717) is 31.2 Å². The van der Waals surface area contributed by atoms with Gasteiger partial charge in [0.2, 0.25) is 5.91 Å². The predicted molar refractivity (Wildman–Crippen MR) is 99.9 cm³/mol. The molecule has 0 saturated carbocycles. The highest BCUT2D eigenvalue weighted by atomic mass is 35.5. The number of ether oxygens (including phenoxy) is 1. The van der Waals surface area contributed by atoms with Gasteiger partial charge < -0.3 is 15.8 Å². The van der Waals surface area contributed by atoms with Gasteiger partial charge in [-0.2, -0.15) is 0 Å². The molecule has 1 aromatic heterocycles. The first kappa shape index (κ1) is 18.9. The summed E-state index contributed by atoms with van der Waals surface area (Å²) < 4.78 is 5.28. The number of thiazole rings is 1. The molecule has 2 heterocycles. The minimum absolute atomic E-state index is 0. The van der Waals surface area contributed by atoms with Crippen molar-refractivity contribution >= 4 is 34.8 Å². The van der Waals surface area contributed by atoms with E-state index in [4.69, 9.17) is 10.5 Å². The van der Waals surface area contributed by atoms with Crippen LogP contribution in [0, 0.1) is 13.8 Å². The third-order valence-electron chi connectivity index (χ3n) is 4.18. The van der Waals surface area contributed by atoms with Crippen LogP contribution in [0.1, 0.15) is 23.3 Å². The molecule has 1 aliphatic heterocycles. The number of aryl methyl sites for hydroxylation is 2. The molecule has 1 aliphatic rings. The maximum atomic E-state index is 12.5. The van der Waals surface area contributed by atoms with Crippen LogP contribution in [-0.2, 0) is 9.53 Å². The highest BCUT2D eigenvalue weighted by Crippen LogP contribution is 2.31. The summed E-state index contributed by atoms with van der Waals surface area (Å²) >= 11 is 1.47. The number of anilines is 1. The van der Waals surface area contributed by atoms with E-state index in [1.807, 2.05) is 19.1 Å². The number of carbonyl (C=O) groups is 1. The number of carbonyl (C=O) groups excluding carboxylic acids is 1. The average Bonchev–Trinajstić information content (AvgIpc) is 2.89. The molecule has 24 heavy (non-hydrogen) atoms. The highest BCUT2D eigenvalue weighted by Gasteiger charge is 2.36. The first-order chi connectivity index (χ1) is 11.0. The minimum atomic E-state index is -0.859. The first-order valence-corrected chi connectivity index (χ1v) is 8.52. The van der Waals surface area contributed by atoms with Crippen LogP contribution in [0.4, 0.5) is 5.13 Å². The second kappa shape index (κ2) is 7.61. The molecule has 0 atom stereocenters. The van der Waals surface area contributed by atoms with Gasteiger partial charge in [0.1, 0.15) is 5.54 Å². The van der Waals surface area contributed by atoms with Gasteiger partial charge in [0.15, 0.2) is 5.13 Å². The average molecular weight is 368 g/mol. The molecule has 1 aromatic carbocycles. The maximum Gasteiger partial charge on any atom is 0.246 e. The third-order valence-corrected chi connectivity index (χ3v) is 5.07. The van der Waals surface area contributed by atoms with Crippen LogP contribution >= 0.6 is 23.7 Å². The number of hydrogen-bond acceptors (Lipinski definition) is 5. The minimum Gasteiger partial charge on any atom is -0.381 e. The van der Waals surface area contributed by atoms with Gasteiger partial charge in [-0.05, 0) is 26.7 Å².